The summed E-state index contributed by atoms with van der Waals surface area (Å²) in [5.74, 6) is 2.63. The van der Waals surface area contributed by atoms with Gasteiger partial charge in [-0.1, -0.05) is 19.8 Å². The van der Waals surface area contributed by atoms with Crippen LogP contribution in [0.15, 0.2) is 12.7 Å². The predicted octanol–water partition coefficient (Wildman–Crippen LogP) is 1.34. The highest BCUT2D eigenvalue weighted by Crippen LogP contribution is 2.48. The van der Waals surface area contributed by atoms with E-state index in [-0.39, 0.29) is 25.2 Å². The minimum atomic E-state index is -3.87. The van der Waals surface area contributed by atoms with Crippen molar-refractivity contribution in [1.82, 2.24) is 19.5 Å². The molecular weight excluding hydrogens is 413 g/mol. The van der Waals surface area contributed by atoms with Gasteiger partial charge in [0.2, 0.25) is 0 Å². The molecule has 0 amide bonds. The molecule has 12 heteroatoms. The van der Waals surface area contributed by atoms with Crippen LogP contribution in [-0.4, -0.2) is 68.7 Å². The van der Waals surface area contributed by atoms with E-state index in [1.165, 1.54) is 12.7 Å². The van der Waals surface area contributed by atoms with E-state index in [4.69, 9.17) is 30.9 Å². The van der Waals surface area contributed by atoms with Gasteiger partial charge in [-0.05, 0) is 6.42 Å². The molecule has 2 aromatic heterocycles. The number of rotatable bonds is 10. The number of terminal acetylenes is 1. The largest absolute Gasteiger partial charge is 0.382 e. The molecule has 5 unspecified atom stereocenters. The number of fused-ring (bicyclic) bond motifs is 1. The van der Waals surface area contributed by atoms with Crippen LogP contribution in [0.25, 0.3) is 11.2 Å². The third kappa shape index (κ3) is 4.81. The summed E-state index contributed by atoms with van der Waals surface area (Å²) in [6.07, 6.45) is 5.78. The van der Waals surface area contributed by atoms with Gasteiger partial charge in [0.1, 0.15) is 36.8 Å². The Labute approximate surface area is 174 Å². The number of aromatic nitrogens is 4. The molecule has 1 fully saturated rings. The highest BCUT2D eigenvalue weighted by atomic mass is 31.2. The molecule has 0 aliphatic carbocycles. The summed E-state index contributed by atoms with van der Waals surface area (Å²) in [4.78, 5) is 22.5. The average molecular weight is 439 g/mol. The lowest BCUT2D eigenvalue weighted by Gasteiger charge is -2.26. The van der Waals surface area contributed by atoms with E-state index in [9.17, 15) is 9.46 Å². The predicted molar refractivity (Wildman–Crippen MR) is 109 cm³/mol. The van der Waals surface area contributed by atoms with Gasteiger partial charge in [0.05, 0.1) is 12.9 Å². The fourth-order valence-corrected chi connectivity index (χ4v) is 3.97. The lowest BCUT2D eigenvalue weighted by Crippen LogP contribution is -2.38. The lowest BCUT2D eigenvalue weighted by molar-refractivity contribution is -0.0713. The van der Waals surface area contributed by atoms with E-state index in [0.29, 0.717) is 17.8 Å². The minimum Gasteiger partial charge on any atom is -0.382 e. The van der Waals surface area contributed by atoms with Crippen LogP contribution in [0.4, 0.5) is 5.82 Å². The number of hydrogen-bond acceptors (Lipinski definition) is 9. The van der Waals surface area contributed by atoms with Crippen LogP contribution in [-0.2, 0) is 23.3 Å². The van der Waals surface area contributed by atoms with Crippen LogP contribution in [0.1, 0.15) is 26.5 Å². The third-order valence-corrected chi connectivity index (χ3v) is 5.99. The normalized spacial score (nSPS) is 25.9. The number of nitrogen functional groups attached to an aromatic ring is 1. The summed E-state index contributed by atoms with van der Waals surface area (Å²) in [6, 6.07) is 0. The van der Waals surface area contributed by atoms with Crippen molar-refractivity contribution in [3.63, 3.8) is 0 Å². The van der Waals surface area contributed by atoms with E-state index in [2.05, 4.69) is 20.9 Å². The topological polar surface area (TPSA) is 144 Å². The van der Waals surface area contributed by atoms with Gasteiger partial charge < -0.3 is 24.8 Å². The Morgan fingerprint density at radius 2 is 2.17 bits per heavy atom. The number of imidazole rings is 1. The molecule has 0 aromatic carbocycles. The van der Waals surface area contributed by atoms with E-state index < -0.39 is 32.1 Å². The summed E-state index contributed by atoms with van der Waals surface area (Å²) in [5.41, 5.74) is 6.71. The molecule has 3 heterocycles. The van der Waals surface area contributed by atoms with Crippen molar-refractivity contribution in [1.29, 1.82) is 0 Å². The maximum absolute atomic E-state index is 12.4. The van der Waals surface area contributed by atoms with Crippen LogP contribution in [0, 0.1) is 12.3 Å². The molecule has 2 aromatic rings. The first-order valence-corrected chi connectivity index (χ1v) is 11.4. The van der Waals surface area contributed by atoms with Gasteiger partial charge in [0.25, 0.3) is 0 Å². The Morgan fingerprint density at radius 3 is 2.87 bits per heavy atom. The Bertz CT molecular complexity index is 947. The molecule has 30 heavy (non-hydrogen) atoms. The summed E-state index contributed by atoms with van der Waals surface area (Å²) in [6.45, 7) is 4.16. The number of hydrogen-bond donors (Lipinski definition) is 2. The SMILES string of the molecule is C#CCOC1C(OP(=O)(O)CC)C(COCCC)OC1n1cnc2c(N)ncnc21. The standard InChI is InChI=1S/C18H26N5O6P/c1-4-7-26-9-12-14(29-30(24,25)6-3)15(27-8-5-2)18(28-12)23-11-22-13-16(19)20-10-21-17(13)23/h2,10-12,14-15,18H,4,6-9H2,1,3H3,(H,24,25)(H2,19,20,21). The van der Waals surface area contributed by atoms with Gasteiger partial charge in [-0.15, -0.1) is 6.42 Å². The van der Waals surface area contributed by atoms with Gasteiger partial charge >= 0.3 is 7.60 Å². The smallest absolute Gasteiger partial charge is 0.328 e. The minimum absolute atomic E-state index is 0.0431. The molecule has 0 bridgehead atoms. The van der Waals surface area contributed by atoms with Crippen LogP contribution >= 0.6 is 7.60 Å². The van der Waals surface area contributed by atoms with Crippen molar-refractivity contribution >= 4 is 24.6 Å². The van der Waals surface area contributed by atoms with Gasteiger partial charge in [0.15, 0.2) is 17.7 Å². The average Bonchev–Trinajstić information content (AvgIpc) is 3.29. The first kappa shape index (κ1) is 22.6. The number of nitrogens with zero attached hydrogens (tertiary/aromatic N) is 4. The molecule has 0 saturated carbocycles. The van der Waals surface area contributed by atoms with Gasteiger partial charge in [-0.25, -0.2) is 15.0 Å². The fourth-order valence-electron chi connectivity index (χ4n) is 3.18. The Balaban J connectivity index is 1.98. The highest BCUT2D eigenvalue weighted by molar-refractivity contribution is 7.52. The molecule has 1 aliphatic rings. The molecule has 5 atom stereocenters. The molecule has 1 aliphatic heterocycles. The second kappa shape index (κ2) is 9.83. The number of nitrogens with two attached hydrogens (primary N) is 1. The summed E-state index contributed by atoms with van der Waals surface area (Å²) >= 11 is 0. The van der Waals surface area contributed by atoms with Crippen molar-refractivity contribution in [2.45, 2.75) is 44.8 Å². The zero-order chi connectivity index (χ0) is 21.7. The summed E-state index contributed by atoms with van der Waals surface area (Å²) in [7, 11) is -3.87. The monoisotopic (exact) mass is 439 g/mol. The Kier molecular flexibility index (Phi) is 7.41. The van der Waals surface area contributed by atoms with Crippen LogP contribution in [0.5, 0.6) is 0 Å². The van der Waals surface area contributed by atoms with E-state index in [1.807, 2.05) is 6.92 Å². The van der Waals surface area contributed by atoms with E-state index in [0.717, 1.165) is 6.42 Å². The molecule has 11 nitrogen and oxygen atoms in total. The quantitative estimate of drug-likeness (QED) is 0.316. The number of anilines is 1. The molecule has 1 saturated heterocycles. The van der Waals surface area contributed by atoms with Crippen LogP contribution in [0.3, 0.4) is 0 Å². The van der Waals surface area contributed by atoms with Crippen LogP contribution in [0.2, 0.25) is 0 Å². The van der Waals surface area contributed by atoms with Crippen molar-refractivity contribution in [2.24, 2.45) is 0 Å². The second-order valence-electron chi connectivity index (χ2n) is 6.73. The Hall–Kier alpha value is -2.06. The zero-order valence-corrected chi connectivity index (χ0v) is 17.8. The molecule has 0 radical (unpaired) electrons. The maximum Gasteiger partial charge on any atom is 0.328 e. The van der Waals surface area contributed by atoms with Crippen molar-refractivity contribution in [3.05, 3.63) is 12.7 Å². The first-order valence-electron chi connectivity index (χ1n) is 9.63. The van der Waals surface area contributed by atoms with E-state index >= 15 is 0 Å². The molecule has 0 spiro atoms. The second-order valence-corrected chi connectivity index (χ2v) is 8.84. The summed E-state index contributed by atoms with van der Waals surface area (Å²) in [5, 5.41) is 0. The van der Waals surface area contributed by atoms with Crippen molar-refractivity contribution in [2.75, 3.05) is 31.7 Å². The highest BCUT2D eigenvalue weighted by Gasteiger charge is 2.50. The van der Waals surface area contributed by atoms with Gasteiger partial charge in [0, 0.05) is 12.8 Å². The Morgan fingerprint density at radius 1 is 1.37 bits per heavy atom. The molecule has 3 N–H and O–H groups in total. The molecule has 164 valence electrons. The fraction of sp³-hybridized carbons (Fsp3) is 0.611. The molecular formula is C18H26N5O6P. The van der Waals surface area contributed by atoms with Crippen LogP contribution < -0.4 is 5.73 Å². The third-order valence-electron chi connectivity index (χ3n) is 4.62. The van der Waals surface area contributed by atoms with Crippen molar-refractivity contribution < 1.29 is 28.2 Å². The maximum atomic E-state index is 12.4. The lowest BCUT2D eigenvalue weighted by atomic mass is 10.1. The number of ether oxygens (including phenoxy) is 3. The summed E-state index contributed by atoms with van der Waals surface area (Å²) < 4.78 is 37.2. The first-order chi connectivity index (χ1) is 14.4. The zero-order valence-electron chi connectivity index (χ0n) is 16.9. The van der Waals surface area contributed by atoms with Crippen molar-refractivity contribution in [3.8, 4) is 12.3 Å². The van der Waals surface area contributed by atoms with Gasteiger partial charge in [-0.3, -0.25) is 13.7 Å². The van der Waals surface area contributed by atoms with E-state index in [1.54, 1.807) is 11.5 Å². The molecule has 3 rings (SSSR count). The van der Waals surface area contributed by atoms with Gasteiger partial charge in [-0.2, -0.15) is 0 Å².